The van der Waals surface area contributed by atoms with Gasteiger partial charge in [0.05, 0.1) is 5.41 Å². The first kappa shape index (κ1) is 14.1. The molecule has 0 aromatic carbocycles. The smallest absolute Gasteiger partial charge is 0.311 e. The molecule has 1 aliphatic carbocycles. The number of aliphatic carboxylic acids is 1. The molecule has 1 N–H and O–H groups in total. The van der Waals surface area contributed by atoms with Crippen LogP contribution in [0.15, 0.2) is 11.6 Å². The molecule has 0 unspecified atom stereocenters. The third-order valence-electron chi connectivity index (χ3n) is 4.55. The minimum absolute atomic E-state index is 0.00507. The lowest BCUT2D eigenvalue weighted by Gasteiger charge is -2.22. The van der Waals surface area contributed by atoms with Crippen LogP contribution >= 0.6 is 0 Å². The van der Waals surface area contributed by atoms with Crippen LogP contribution in [0.1, 0.15) is 46.0 Å². The fourth-order valence-electron chi connectivity index (χ4n) is 2.87. The number of hydrogen-bond donors (Lipinski definition) is 1. The summed E-state index contributed by atoms with van der Waals surface area (Å²) in [4.78, 5) is 25.0. The predicted molar refractivity (Wildman–Crippen MR) is 72.7 cm³/mol. The molecule has 0 radical (unpaired) electrons. The molecule has 1 heterocycles. The van der Waals surface area contributed by atoms with Crippen LogP contribution in [0.5, 0.6) is 0 Å². The molecule has 1 atom stereocenters. The number of carbonyl (C=O) groups excluding carboxylic acids is 1. The van der Waals surface area contributed by atoms with Crippen molar-refractivity contribution in [3.63, 3.8) is 0 Å². The zero-order valence-electron chi connectivity index (χ0n) is 11.8. The van der Waals surface area contributed by atoms with Gasteiger partial charge in [-0.3, -0.25) is 9.59 Å². The summed E-state index contributed by atoms with van der Waals surface area (Å²) in [7, 11) is 0. The van der Waals surface area contributed by atoms with Crippen LogP contribution in [0.4, 0.5) is 0 Å². The zero-order chi connectivity index (χ0) is 14.0. The van der Waals surface area contributed by atoms with Crippen molar-refractivity contribution in [1.29, 1.82) is 0 Å². The van der Waals surface area contributed by atoms with Gasteiger partial charge in [0.15, 0.2) is 0 Å². The van der Waals surface area contributed by atoms with E-state index in [0.717, 1.165) is 31.6 Å². The lowest BCUT2D eigenvalue weighted by molar-refractivity contribution is -0.147. The standard InChI is InChI=1S/C15H23NO3/c1-11-3-5-12(6-4-11)9-13(17)16-8-7-15(2,10-16)14(18)19/h9,11H,3-8,10H2,1-2H3,(H,18,19)/t11?,15-/m0/s1. The fourth-order valence-corrected chi connectivity index (χ4v) is 2.87. The topological polar surface area (TPSA) is 57.6 Å². The number of hydrogen-bond acceptors (Lipinski definition) is 2. The van der Waals surface area contributed by atoms with Crippen molar-refractivity contribution < 1.29 is 14.7 Å². The van der Waals surface area contributed by atoms with Crippen molar-refractivity contribution in [2.75, 3.05) is 13.1 Å². The number of carboxylic acids is 1. The maximum Gasteiger partial charge on any atom is 0.311 e. The second kappa shape index (κ2) is 5.35. The molecule has 0 aromatic heterocycles. The highest BCUT2D eigenvalue weighted by molar-refractivity contribution is 5.89. The first-order valence-electron chi connectivity index (χ1n) is 7.12. The second-order valence-electron chi connectivity index (χ2n) is 6.36. The van der Waals surface area contributed by atoms with Crippen molar-refractivity contribution >= 4 is 11.9 Å². The second-order valence-corrected chi connectivity index (χ2v) is 6.36. The van der Waals surface area contributed by atoms with Gasteiger partial charge >= 0.3 is 5.97 Å². The van der Waals surface area contributed by atoms with E-state index in [1.165, 1.54) is 5.57 Å². The number of allylic oxidation sites excluding steroid dienone is 1. The predicted octanol–water partition coefficient (Wildman–Crippen LogP) is 2.45. The van der Waals surface area contributed by atoms with Gasteiger partial charge in [-0.05, 0) is 44.9 Å². The molecule has 4 nitrogen and oxygen atoms in total. The Kier molecular flexibility index (Phi) is 3.97. The van der Waals surface area contributed by atoms with E-state index in [0.29, 0.717) is 19.5 Å². The van der Waals surface area contributed by atoms with Crippen LogP contribution in [0.3, 0.4) is 0 Å². The van der Waals surface area contributed by atoms with Crippen molar-refractivity contribution in [2.24, 2.45) is 11.3 Å². The van der Waals surface area contributed by atoms with Crippen LogP contribution in [0.25, 0.3) is 0 Å². The number of carboxylic acid groups (broad SMARTS) is 1. The van der Waals surface area contributed by atoms with Gasteiger partial charge in [0, 0.05) is 19.2 Å². The van der Waals surface area contributed by atoms with Crippen molar-refractivity contribution in [2.45, 2.75) is 46.0 Å². The summed E-state index contributed by atoms with van der Waals surface area (Å²) in [6.07, 6.45) is 6.64. The van der Waals surface area contributed by atoms with Crippen LogP contribution in [0.2, 0.25) is 0 Å². The lowest BCUT2D eigenvalue weighted by atomic mass is 9.87. The zero-order valence-corrected chi connectivity index (χ0v) is 11.8. The summed E-state index contributed by atoms with van der Waals surface area (Å²) in [5.41, 5.74) is 0.460. The summed E-state index contributed by atoms with van der Waals surface area (Å²) in [5, 5.41) is 9.17. The maximum absolute atomic E-state index is 12.2. The average molecular weight is 265 g/mol. The molecule has 1 amide bonds. The molecular formula is C15H23NO3. The van der Waals surface area contributed by atoms with Gasteiger partial charge < -0.3 is 10.0 Å². The molecule has 1 saturated carbocycles. The first-order valence-corrected chi connectivity index (χ1v) is 7.12. The van der Waals surface area contributed by atoms with Crippen LogP contribution in [-0.4, -0.2) is 35.0 Å². The van der Waals surface area contributed by atoms with E-state index in [4.69, 9.17) is 5.11 Å². The molecule has 19 heavy (non-hydrogen) atoms. The Morgan fingerprint density at radius 2 is 2.00 bits per heavy atom. The number of nitrogens with zero attached hydrogens (tertiary/aromatic N) is 1. The van der Waals surface area contributed by atoms with E-state index in [1.807, 2.05) is 0 Å². The van der Waals surface area contributed by atoms with Gasteiger partial charge in [-0.25, -0.2) is 0 Å². The van der Waals surface area contributed by atoms with E-state index < -0.39 is 11.4 Å². The van der Waals surface area contributed by atoms with E-state index in [-0.39, 0.29) is 5.91 Å². The number of amides is 1. The van der Waals surface area contributed by atoms with E-state index in [2.05, 4.69) is 6.92 Å². The maximum atomic E-state index is 12.2. The summed E-state index contributed by atoms with van der Waals surface area (Å²) >= 11 is 0. The van der Waals surface area contributed by atoms with Crippen molar-refractivity contribution in [1.82, 2.24) is 4.90 Å². The highest BCUT2D eigenvalue weighted by atomic mass is 16.4. The molecule has 2 fully saturated rings. The van der Waals surface area contributed by atoms with Crippen LogP contribution < -0.4 is 0 Å². The molecule has 0 aromatic rings. The van der Waals surface area contributed by atoms with Crippen molar-refractivity contribution in [3.05, 3.63) is 11.6 Å². The molecule has 0 spiro atoms. The van der Waals surface area contributed by atoms with Gasteiger partial charge in [-0.15, -0.1) is 0 Å². The third kappa shape index (κ3) is 3.17. The monoisotopic (exact) mass is 265 g/mol. The first-order chi connectivity index (χ1) is 8.90. The van der Waals surface area contributed by atoms with Gasteiger partial charge in [-0.1, -0.05) is 12.5 Å². The highest BCUT2D eigenvalue weighted by Gasteiger charge is 2.41. The average Bonchev–Trinajstić information content (AvgIpc) is 2.76. The van der Waals surface area contributed by atoms with E-state index in [9.17, 15) is 9.59 Å². The van der Waals surface area contributed by atoms with Gasteiger partial charge in [0.25, 0.3) is 0 Å². The molecule has 2 aliphatic rings. The Bertz CT molecular complexity index is 406. The molecule has 1 aliphatic heterocycles. The summed E-state index contributed by atoms with van der Waals surface area (Å²) in [6, 6.07) is 0. The number of rotatable bonds is 2. The van der Waals surface area contributed by atoms with Crippen LogP contribution in [-0.2, 0) is 9.59 Å². The Labute approximate surface area is 114 Å². The minimum atomic E-state index is -0.804. The molecule has 2 rings (SSSR count). The minimum Gasteiger partial charge on any atom is -0.481 e. The molecule has 0 bridgehead atoms. The third-order valence-corrected chi connectivity index (χ3v) is 4.55. The summed E-state index contributed by atoms with van der Waals surface area (Å²) in [5.74, 6) is -0.0502. The van der Waals surface area contributed by atoms with Gasteiger partial charge in [-0.2, -0.15) is 0 Å². The fraction of sp³-hybridized carbons (Fsp3) is 0.733. The lowest BCUT2D eigenvalue weighted by Crippen LogP contribution is -2.34. The molecular weight excluding hydrogens is 242 g/mol. The molecule has 1 saturated heterocycles. The number of carbonyl (C=O) groups is 2. The van der Waals surface area contributed by atoms with Crippen LogP contribution in [0, 0.1) is 11.3 Å². The Morgan fingerprint density at radius 3 is 2.53 bits per heavy atom. The Hall–Kier alpha value is -1.32. The molecule has 4 heteroatoms. The Balaban J connectivity index is 1.95. The normalized spacial score (nSPS) is 31.4. The number of likely N-dealkylation sites (tertiary alicyclic amines) is 1. The van der Waals surface area contributed by atoms with E-state index in [1.54, 1.807) is 17.9 Å². The quantitative estimate of drug-likeness (QED) is 0.780. The largest absolute Gasteiger partial charge is 0.481 e. The van der Waals surface area contributed by atoms with Crippen molar-refractivity contribution in [3.8, 4) is 0 Å². The highest BCUT2D eigenvalue weighted by Crippen LogP contribution is 2.31. The molecule has 106 valence electrons. The summed E-state index contributed by atoms with van der Waals surface area (Å²) in [6.45, 7) is 4.86. The Morgan fingerprint density at radius 1 is 1.37 bits per heavy atom. The SMILES string of the molecule is CC1CCC(=CC(=O)N2CC[C@](C)(C(=O)O)C2)CC1. The van der Waals surface area contributed by atoms with E-state index >= 15 is 0 Å². The van der Waals surface area contributed by atoms with Gasteiger partial charge in [0.1, 0.15) is 0 Å². The van der Waals surface area contributed by atoms with Gasteiger partial charge in [0.2, 0.25) is 5.91 Å². The summed E-state index contributed by atoms with van der Waals surface area (Å²) < 4.78 is 0.